The van der Waals surface area contributed by atoms with Gasteiger partial charge in [0.05, 0.1) is 23.7 Å². The van der Waals surface area contributed by atoms with Crippen LogP contribution in [0.1, 0.15) is 10.4 Å². The van der Waals surface area contributed by atoms with E-state index in [2.05, 4.69) is 25.2 Å². The van der Waals surface area contributed by atoms with Gasteiger partial charge in [0, 0.05) is 34.7 Å². The first-order valence-corrected chi connectivity index (χ1v) is 9.75. The van der Waals surface area contributed by atoms with E-state index in [9.17, 15) is 4.79 Å². The van der Waals surface area contributed by atoms with Crippen LogP contribution in [0.2, 0.25) is 0 Å². The van der Waals surface area contributed by atoms with E-state index in [4.69, 9.17) is 5.73 Å². The second-order valence-electron chi connectivity index (χ2n) is 7.00. The Morgan fingerprint density at radius 2 is 1.75 bits per heavy atom. The van der Waals surface area contributed by atoms with Crippen molar-refractivity contribution in [1.29, 1.82) is 0 Å². The van der Waals surface area contributed by atoms with E-state index in [1.54, 1.807) is 36.9 Å². The summed E-state index contributed by atoms with van der Waals surface area (Å²) in [4.78, 5) is 20.0. The largest absolute Gasteiger partial charge is 0.399 e. The first kappa shape index (κ1) is 19.1. The molecular formula is C23H17N8O+. The third-order valence-corrected chi connectivity index (χ3v) is 4.90. The maximum Gasteiger partial charge on any atom is 0.360 e. The van der Waals surface area contributed by atoms with Crippen LogP contribution in [0.25, 0.3) is 22.3 Å². The summed E-state index contributed by atoms with van der Waals surface area (Å²) in [5.41, 5.74) is 10.2. The molecule has 2 heterocycles. The summed E-state index contributed by atoms with van der Waals surface area (Å²) in [5.74, 6) is -0.469. The van der Waals surface area contributed by atoms with Gasteiger partial charge in [-0.05, 0) is 66.7 Å². The molecule has 5 rings (SSSR count). The number of hydrogen-bond donors (Lipinski definition) is 1. The van der Waals surface area contributed by atoms with Crippen molar-refractivity contribution in [2.75, 3.05) is 5.73 Å². The number of rotatable bonds is 4. The van der Waals surface area contributed by atoms with Crippen LogP contribution in [0, 0.1) is 0 Å². The number of fused-ring (bicyclic) bond motifs is 1. The molecular weight excluding hydrogens is 404 g/mol. The van der Waals surface area contributed by atoms with Gasteiger partial charge in [0.25, 0.3) is 0 Å². The monoisotopic (exact) mass is 421 g/mol. The smallest absolute Gasteiger partial charge is 0.360 e. The zero-order valence-corrected chi connectivity index (χ0v) is 16.8. The SMILES string of the molecule is Nc1ccc(-n2ncc3cc(N=[N+]=NC(=O)c4ccc(-n5ccnc5)cc4)ccc32)cc1. The molecule has 9 nitrogen and oxygen atoms in total. The predicted octanol–water partition coefficient (Wildman–Crippen LogP) is 4.24. The normalized spacial score (nSPS) is 10.6. The Morgan fingerprint density at radius 1 is 0.969 bits per heavy atom. The molecule has 9 heteroatoms. The number of hydrogen-bond acceptors (Lipinski definition) is 5. The number of benzene rings is 3. The maximum atomic E-state index is 12.3. The number of nitrogen functional groups attached to an aromatic ring is 1. The molecule has 32 heavy (non-hydrogen) atoms. The van der Waals surface area contributed by atoms with Crippen molar-refractivity contribution in [2.45, 2.75) is 0 Å². The molecule has 0 bridgehead atoms. The molecule has 5 aromatic rings. The summed E-state index contributed by atoms with van der Waals surface area (Å²) in [7, 11) is 0. The van der Waals surface area contributed by atoms with Gasteiger partial charge in [-0.2, -0.15) is 5.10 Å². The van der Waals surface area contributed by atoms with Crippen molar-refractivity contribution in [3.05, 3.63) is 97.2 Å². The van der Waals surface area contributed by atoms with Crippen LogP contribution in [-0.4, -0.2) is 25.2 Å². The third kappa shape index (κ3) is 3.79. The summed E-state index contributed by atoms with van der Waals surface area (Å²) in [5, 5.41) is 13.1. The molecule has 0 aliphatic rings. The number of nitrogens with two attached hydrogens (primary N) is 1. The first-order chi connectivity index (χ1) is 15.7. The highest BCUT2D eigenvalue weighted by atomic mass is 16.1. The fourth-order valence-electron chi connectivity index (χ4n) is 3.26. The average molecular weight is 421 g/mol. The highest BCUT2D eigenvalue weighted by Gasteiger charge is 2.11. The lowest BCUT2D eigenvalue weighted by Crippen LogP contribution is -1.96. The number of imidazole rings is 1. The fourth-order valence-corrected chi connectivity index (χ4v) is 3.26. The molecule has 0 spiro atoms. The van der Waals surface area contributed by atoms with Crippen LogP contribution < -0.4 is 10.6 Å². The topological polar surface area (TPSA) is 118 Å². The van der Waals surface area contributed by atoms with Crippen molar-refractivity contribution >= 4 is 28.2 Å². The lowest BCUT2D eigenvalue weighted by atomic mass is 10.2. The Hall–Kier alpha value is -4.88. The molecule has 2 aromatic heterocycles. The van der Waals surface area contributed by atoms with Crippen LogP contribution in [0.4, 0.5) is 11.4 Å². The Morgan fingerprint density at radius 3 is 2.50 bits per heavy atom. The summed E-state index contributed by atoms with van der Waals surface area (Å²) in [6, 6.07) is 20.0. The van der Waals surface area contributed by atoms with E-state index in [1.807, 2.05) is 64.0 Å². The number of carbonyl (C=O) groups is 1. The van der Waals surface area contributed by atoms with Crippen molar-refractivity contribution in [3.63, 3.8) is 0 Å². The third-order valence-electron chi connectivity index (χ3n) is 4.90. The van der Waals surface area contributed by atoms with Gasteiger partial charge < -0.3 is 10.3 Å². The van der Waals surface area contributed by atoms with Crippen LogP contribution in [-0.2, 0) is 0 Å². The van der Waals surface area contributed by atoms with Gasteiger partial charge in [-0.25, -0.2) is 9.67 Å². The average Bonchev–Trinajstić information content (AvgIpc) is 3.50. The molecule has 2 N–H and O–H groups in total. The summed E-state index contributed by atoms with van der Waals surface area (Å²) in [6.07, 6.45) is 6.95. The highest BCUT2D eigenvalue weighted by Crippen LogP contribution is 2.23. The van der Waals surface area contributed by atoms with Gasteiger partial charge in [-0.1, -0.05) is 0 Å². The van der Waals surface area contributed by atoms with Crippen molar-refractivity contribution in [2.24, 2.45) is 10.2 Å². The predicted molar refractivity (Wildman–Crippen MR) is 120 cm³/mol. The minimum absolute atomic E-state index is 0.424. The van der Waals surface area contributed by atoms with Gasteiger partial charge in [0.2, 0.25) is 10.0 Å². The first-order valence-electron chi connectivity index (χ1n) is 9.75. The number of carbonyl (C=O) groups excluding carboxylic acids is 1. The molecule has 0 fully saturated rings. The zero-order chi connectivity index (χ0) is 21.9. The minimum Gasteiger partial charge on any atom is -0.399 e. The molecule has 0 unspecified atom stereocenters. The van der Waals surface area contributed by atoms with E-state index in [0.717, 1.165) is 22.3 Å². The van der Waals surface area contributed by atoms with E-state index < -0.39 is 5.91 Å². The van der Waals surface area contributed by atoms with Crippen LogP contribution in [0.15, 0.2) is 102 Å². The van der Waals surface area contributed by atoms with Crippen molar-refractivity contribution in [3.8, 4) is 11.4 Å². The minimum atomic E-state index is -0.469. The number of nitrogens with zero attached hydrogens (tertiary/aromatic N) is 7. The quantitative estimate of drug-likeness (QED) is 0.265. The van der Waals surface area contributed by atoms with Gasteiger partial charge in [-0.3, -0.25) is 4.79 Å². The Kier molecular flexibility index (Phi) is 4.83. The van der Waals surface area contributed by atoms with Crippen LogP contribution in [0.3, 0.4) is 0 Å². The summed E-state index contributed by atoms with van der Waals surface area (Å²) in [6.45, 7) is 0. The molecule has 1 amide bonds. The Bertz CT molecular complexity index is 1460. The molecule has 154 valence electrons. The molecule has 0 saturated heterocycles. The van der Waals surface area contributed by atoms with Gasteiger partial charge in [0.15, 0.2) is 10.8 Å². The lowest BCUT2D eigenvalue weighted by Gasteiger charge is -2.03. The molecule has 0 radical (unpaired) electrons. The Balaban J connectivity index is 1.34. The lowest BCUT2D eigenvalue weighted by molar-refractivity contribution is 0.0992. The molecule has 0 aliphatic heterocycles. The van der Waals surface area contributed by atoms with Crippen molar-refractivity contribution in [1.82, 2.24) is 24.2 Å². The van der Waals surface area contributed by atoms with Crippen LogP contribution in [0.5, 0.6) is 0 Å². The second kappa shape index (κ2) is 8.10. The molecule has 0 saturated carbocycles. The fraction of sp³-hybridized carbons (Fsp3) is 0. The highest BCUT2D eigenvalue weighted by molar-refractivity contribution is 5.94. The van der Waals surface area contributed by atoms with Gasteiger partial charge >= 0.3 is 5.91 Å². The number of amides is 1. The molecule has 0 atom stereocenters. The zero-order valence-electron chi connectivity index (χ0n) is 16.8. The van der Waals surface area contributed by atoms with Gasteiger partial charge in [-0.15, -0.1) is 0 Å². The van der Waals surface area contributed by atoms with Crippen LogP contribution >= 0.6 is 0 Å². The van der Waals surface area contributed by atoms with E-state index >= 15 is 0 Å². The van der Waals surface area contributed by atoms with E-state index in [1.165, 1.54) is 0 Å². The second-order valence-corrected chi connectivity index (χ2v) is 7.00. The van der Waals surface area contributed by atoms with Gasteiger partial charge in [0.1, 0.15) is 0 Å². The standard InChI is InChI=1S/C23H16N8O/c24-18-3-8-21(9-4-18)31-22-10-5-19(13-17(22)14-26-31)27-29-28-23(32)16-1-6-20(7-2-16)30-12-11-25-15-30/h1-15H,(H-,24,27,28,32)/p+1. The van der Waals surface area contributed by atoms with E-state index in [0.29, 0.717) is 16.9 Å². The summed E-state index contributed by atoms with van der Waals surface area (Å²) < 4.78 is 3.66. The molecule has 0 aliphatic carbocycles. The van der Waals surface area contributed by atoms with E-state index in [-0.39, 0.29) is 0 Å². The Labute approximate surface area is 182 Å². The molecule has 3 aromatic carbocycles. The number of anilines is 1. The number of aromatic nitrogens is 4. The van der Waals surface area contributed by atoms with Crippen molar-refractivity contribution < 1.29 is 4.79 Å². The maximum absolute atomic E-state index is 12.3. The summed E-state index contributed by atoms with van der Waals surface area (Å²) >= 11 is 0.